The van der Waals surface area contributed by atoms with Crippen molar-refractivity contribution < 1.29 is 0 Å². The topological polar surface area (TPSA) is 80.5 Å². The highest BCUT2D eigenvalue weighted by atomic mass is 35.5. The van der Waals surface area contributed by atoms with Gasteiger partial charge >= 0.3 is 0 Å². The summed E-state index contributed by atoms with van der Waals surface area (Å²) >= 11 is 13.6. The van der Waals surface area contributed by atoms with Crippen LogP contribution < -0.4 is 5.73 Å². The molecule has 0 spiro atoms. The van der Waals surface area contributed by atoms with Crippen LogP contribution in [0.5, 0.6) is 0 Å². The number of rotatable bonds is 3. The molecule has 0 saturated carbocycles. The number of nitrogens with one attached hydrogen (secondary N) is 1. The van der Waals surface area contributed by atoms with Gasteiger partial charge in [-0.05, 0) is 26.0 Å². The van der Waals surface area contributed by atoms with E-state index in [0.717, 1.165) is 22.3 Å². The Morgan fingerprint density at radius 2 is 1.95 bits per heavy atom. The molecule has 0 saturated heterocycles. The van der Waals surface area contributed by atoms with Gasteiger partial charge in [0.15, 0.2) is 10.3 Å². The van der Waals surface area contributed by atoms with Crippen LogP contribution in [-0.2, 0) is 0 Å². The van der Waals surface area contributed by atoms with Crippen molar-refractivity contribution >= 4 is 51.7 Å². The monoisotopic (exact) mass is 353 g/mol. The molecule has 0 radical (unpaired) electrons. The van der Waals surface area contributed by atoms with Crippen molar-refractivity contribution in [2.75, 3.05) is 5.73 Å². The maximum Gasteiger partial charge on any atom is 0.191 e. The lowest BCUT2D eigenvalue weighted by molar-refractivity contribution is 0.947. The van der Waals surface area contributed by atoms with Crippen LogP contribution in [0.15, 0.2) is 23.4 Å². The van der Waals surface area contributed by atoms with Crippen molar-refractivity contribution in [2.24, 2.45) is 0 Å². The fourth-order valence-corrected chi connectivity index (χ4v) is 3.51. The van der Waals surface area contributed by atoms with Gasteiger partial charge in [-0.15, -0.1) is 0 Å². The average Bonchev–Trinajstić information content (AvgIpc) is 2.78. The van der Waals surface area contributed by atoms with Gasteiger partial charge in [-0.3, -0.25) is 0 Å². The molecule has 8 heteroatoms. The number of hydrogen-bond donors (Lipinski definition) is 2. The van der Waals surface area contributed by atoms with E-state index in [2.05, 4.69) is 19.9 Å². The first-order valence-electron chi connectivity index (χ1n) is 6.55. The van der Waals surface area contributed by atoms with E-state index in [-0.39, 0.29) is 5.25 Å². The second-order valence-electron chi connectivity index (χ2n) is 4.91. The Bertz CT molecular complexity index is 828. The summed E-state index contributed by atoms with van der Waals surface area (Å²) in [6.07, 6.45) is 0. The maximum atomic E-state index is 6.25. The summed E-state index contributed by atoms with van der Waals surface area (Å²) in [4.78, 5) is 16.0. The number of nitrogens with zero attached hydrogens (tertiary/aromatic N) is 3. The fourth-order valence-electron chi connectivity index (χ4n) is 2.15. The van der Waals surface area contributed by atoms with Gasteiger partial charge < -0.3 is 10.7 Å². The molecular formula is C14H13Cl2N5S. The molecule has 0 aromatic carbocycles. The van der Waals surface area contributed by atoms with E-state index in [1.807, 2.05) is 26.0 Å². The van der Waals surface area contributed by atoms with E-state index < -0.39 is 0 Å². The molecule has 3 heterocycles. The molecule has 3 N–H and O–H groups in total. The molecular weight excluding hydrogens is 341 g/mol. The predicted octanol–water partition coefficient (Wildman–Crippen LogP) is 4.40. The van der Waals surface area contributed by atoms with Crippen molar-refractivity contribution in [2.45, 2.75) is 24.3 Å². The Hall–Kier alpha value is -1.50. The van der Waals surface area contributed by atoms with Crippen molar-refractivity contribution in [1.29, 1.82) is 0 Å². The van der Waals surface area contributed by atoms with Gasteiger partial charge in [0, 0.05) is 17.1 Å². The molecule has 3 aromatic rings. The maximum absolute atomic E-state index is 6.25. The van der Waals surface area contributed by atoms with Gasteiger partial charge in [0.2, 0.25) is 0 Å². The van der Waals surface area contributed by atoms with Crippen LogP contribution in [0.4, 0.5) is 5.82 Å². The number of aromatic amines is 1. The lowest BCUT2D eigenvalue weighted by Gasteiger charge is -2.11. The van der Waals surface area contributed by atoms with Crippen LogP contribution >= 0.6 is 35.0 Å². The van der Waals surface area contributed by atoms with Gasteiger partial charge in [-0.25, -0.2) is 15.0 Å². The molecule has 3 rings (SSSR count). The smallest absolute Gasteiger partial charge is 0.191 e. The summed E-state index contributed by atoms with van der Waals surface area (Å²) in [5.41, 5.74) is 8.43. The molecule has 0 aliphatic carbocycles. The Morgan fingerprint density at radius 1 is 1.18 bits per heavy atom. The Balaban J connectivity index is 1.92. The van der Waals surface area contributed by atoms with Crippen LogP contribution in [0.2, 0.25) is 10.3 Å². The summed E-state index contributed by atoms with van der Waals surface area (Å²) in [7, 11) is 0. The van der Waals surface area contributed by atoms with Crippen molar-refractivity contribution in [3.8, 4) is 0 Å². The lowest BCUT2D eigenvalue weighted by atomic mass is 10.2. The fraction of sp³-hybridized carbons (Fsp3) is 0.214. The summed E-state index contributed by atoms with van der Waals surface area (Å²) in [6, 6.07) is 5.56. The summed E-state index contributed by atoms with van der Waals surface area (Å²) < 4.78 is 0. The number of hydrogen-bond acceptors (Lipinski definition) is 5. The molecule has 1 unspecified atom stereocenters. The molecule has 1 atom stereocenters. The van der Waals surface area contributed by atoms with E-state index in [1.54, 1.807) is 0 Å². The highest BCUT2D eigenvalue weighted by Crippen LogP contribution is 2.35. The zero-order valence-corrected chi connectivity index (χ0v) is 14.2. The molecule has 22 heavy (non-hydrogen) atoms. The van der Waals surface area contributed by atoms with E-state index >= 15 is 0 Å². The number of nitrogens with two attached hydrogens (primary N) is 1. The zero-order chi connectivity index (χ0) is 15.9. The molecule has 3 aromatic heterocycles. The number of nitrogen functional groups attached to an aromatic ring is 1. The average molecular weight is 354 g/mol. The van der Waals surface area contributed by atoms with Crippen LogP contribution in [0, 0.1) is 6.92 Å². The third-order valence-corrected chi connectivity index (χ3v) is 4.57. The molecule has 0 amide bonds. The number of halogens is 2. The largest absolute Gasteiger partial charge is 0.384 e. The zero-order valence-electron chi connectivity index (χ0n) is 11.9. The highest BCUT2D eigenvalue weighted by molar-refractivity contribution is 7.99. The van der Waals surface area contributed by atoms with Gasteiger partial charge in [0.05, 0.1) is 16.5 Å². The summed E-state index contributed by atoms with van der Waals surface area (Å²) in [6.45, 7) is 3.99. The minimum absolute atomic E-state index is 0.00923. The first-order chi connectivity index (χ1) is 10.4. The minimum Gasteiger partial charge on any atom is -0.384 e. The number of anilines is 1. The second kappa shape index (κ2) is 5.95. The molecule has 0 aliphatic rings. The normalized spacial score (nSPS) is 12.7. The summed E-state index contributed by atoms with van der Waals surface area (Å²) in [5.74, 6) is 0.345. The molecule has 0 bridgehead atoms. The molecule has 5 nitrogen and oxygen atoms in total. The van der Waals surface area contributed by atoms with Gasteiger partial charge in [0.1, 0.15) is 11.0 Å². The Morgan fingerprint density at radius 3 is 2.68 bits per heavy atom. The van der Waals surface area contributed by atoms with E-state index in [4.69, 9.17) is 28.9 Å². The quantitative estimate of drug-likeness (QED) is 0.315. The second-order valence-corrected chi connectivity index (χ2v) is 6.97. The third kappa shape index (κ3) is 3.14. The van der Waals surface area contributed by atoms with E-state index in [9.17, 15) is 0 Å². The van der Waals surface area contributed by atoms with Crippen molar-refractivity contribution in [3.05, 3.63) is 39.9 Å². The number of thioether (sulfide) groups is 1. The highest BCUT2D eigenvalue weighted by Gasteiger charge is 2.15. The number of aryl methyl sites for hydroxylation is 1. The van der Waals surface area contributed by atoms with Crippen LogP contribution in [0.3, 0.4) is 0 Å². The standard InChI is InChI=1S/C14H13Cl2N5S/c1-6-3-8-4-9(19-13(16)12(8)18-6)7(2)22-14-20-10(15)5-11(17)21-14/h3-5,7,18H,1-2H3,(H2,17,20,21). The first kappa shape index (κ1) is 15.4. The van der Waals surface area contributed by atoms with Crippen molar-refractivity contribution in [3.63, 3.8) is 0 Å². The number of pyridine rings is 1. The van der Waals surface area contributed by atoms with Gasteiger partial charge in [-0.1, -0.05) is 35.0 Å². The van der Waals surface area contributed by atoms with Crippen LogP contribution in [0.25, 0.3) is 10.9 Å². The van der Waals surface area contributed by atoms with Crippen LogP contribution in [0.1, 0.15) is 23.6 Å². The first-order valence-corrected chi connectivity index (χ1v) is 8.18. The number of H-pyrrole nitrogens is 1. The van der Waals surface area contributed by atoms with Crippen LogP contribution in [-0.4, -0.2) is 19.9 Å². The van der Waals surface area contributed by atoms with E-state index in [1.165, 1.54) is 17.8 Å². The van der Waals surface area contributed by atoms with Gasteiger partial charge in [-0.2, -0.15) is 0 Å². The van der Waals surface area contributed by atoms with E-state index in [0.29, 0.717) is 21.3 Å². The Labute approximate surface area is 141 Å². The Kier molecular flexibility index (Phi) is 4.16. The number of aromatic nitrogens is 4. The van der Waals surface area contributed by atoms with Gasteiger partial charge in [0.25, 0.3) is 0 Å². The number of fused-ring (bicyclic) bond motifs is 1. The predicted molar refractivity (Wildman–Crippen MR) is 91.6 cm³/mol. The SMILES string of the molecule is Cc1cc2cc(C(C)Sc3nc(N)cc(Cl)n3)nc(Cl)c2[nH]1. The summed E-state index contributed by atoms with van der Waals surface area (Å²) in [5, 5.41) is 2.34. The lowest BCUT2D eigenvalue weighted by Crippen LogP contribution is -1.98. The minimum atomic E-state index is 0.00923. The molecule has 0 fully saturated rings. The molecule has 0 aliphatic heterocycles. The third-order valence-electron chi connectivity index (χ3n) is 3.11. The van der Waals surface area contributed by atoms with Crippen molar-refractivity contribution in [1.82, 2.24) is 19.9 Å². The molecule has 114 valence electrons.